The molecular weight excluding hydrogens is 368 g/mol. The van der Waals surface area contributed by atoms with Gasteiger partial charge in [-0.25, -0.2) is 4.98 Å². The third kappa shape index (κ3) is 3.45. The third-order valence-electron chi connectivity index (χ3n) is 3.64. The molecule has 1 aliphatic heterocycles. The highest BCUT2D eigenvalue weighted by atomic mass is 79.9. The SMILES string of the molecule is O=[N+]([O-])c1cccnc1N1CCN(Cc2ccc(Br)s2)CC1. The smallest absolute Gasteiger partial charge is 0.311 e. The van der Waals surface area contributed by atoms with Gasteiger partial charge in [0, 0.05) is 49.9 Å². The van der Waals surface area contributed by atoms with Crippen LogP contribution in [0.15, 0.2) is 34.2 Å². The first-order valence-corrected chi connectivity index (χ1v) is 8.55. The van der Waals surface area contributed by atoms with Crippen LogP contribution in [0.1, 0.15) is 4.88 Å². The Kier molecular flexibility index (Phi) is 4.70. The van der Waals surface area contributed by atoms with E-state index < -0.39 is 0 Å². The summed E-state index contributed by atoms with van der Waals surface area (Å²) < 4.78 is 1.14. The molecule has 0 atom stereocenters. The van der Waals surface area contributed by atoms with Crippen molar-refractivity contribution in [2.24, 2.45) is 0 Å². The summed E-state index contributed by atoms with van der Waals surface area (Å²) in [4.78, 5) is 20.6. The van der Waals surface area contributed by atoms with Crippen LogP contribution in [0.5, 0.6) is 0 Å². The summed E-state index contributed by atoms with van der Waals surface area (Å²) in [6, 6.07) is 7.31. The van der Waals surface area contributed by atoms with Gasteiger partial charge in [0.2, 0.25) is 5.82 Å². The summed E-state index contributed by atoms with van der Waals surface area (Å²) in [5.74, 6) is 0.478. The Balaban J connectivity index is 1.63. The number of thiophene rings is 1. The summed E-state index contributed by atoms with van der Waals surface area (Å²) in [5, 5.41) is 11.1. The second-order valence-electron chi connectivity index (χ2n) is 5.07. The molecule has 0 radical (unpaired) electrons. The monoisotopic (exact) mass is 382 g/mol. The molecule has 0 aliphatic carbocycles. The van der Waals surface area contributed by atoms with Crippen LogP contribution in [-0.4, -0.2) is 41.0 Å². The Hall–Kier alpha value is -1.51. The van der Waals surface area contributed by atoms with Crippen molar-refractivity contribution in [1.29, 1.82) is 0 Å². The molecule has 3 rings (SSSR count). The van der Waals surface area contributed by atoms with Crippen molar-refractivity contribution >= 4 is 38.8 Å². The van der Waals surface area contributed by atoms with Crippen LogP contribution in [0.25, 0.3) is 0 Å². The molecule has 0 saturated carbocycles. The van der Waals surface area contributed by atoms with Crippen LogP contribution in [0.3, 0.4) is 0 Å². The molecule has 22 heavy (non-hydrogen) atoms. The van der Waals surface area contributed by atoms with Gasteiger partial charge in [-0.3, -0.25) is 15.0 Å². The van der Waals surface area contributed by atoms with E-state index in [4.69, 9.17) is 0 Å². The van der Waals surface area contributed by atoms with Crippen molar-refractivity contribution in [2.45, 2.75) is 6.54 Å². The average Bonchev–Trinajstić information content (AvgIpc) is 2.93. The van der Waals surface area contributed by atoms with Gasteiger partial charge in [0.25, 0.3) is 0 Å². The highest BCUT2D eigenvalue weighted by Crippen LogP contribution is 2.27. The molecule has 1 saturated heterocycles. The lowest BCUT2D eigenvalue weighted by Crippen LogP contribution is -2.46. The lowest BCUT2D eigenvalue weighted by Gasteiger charge is -2.34. The van der Waals surface area contributed by atoms with E-state index in [9.17, 15) is 10.1 Å². The number of piperazine rings is 1. The van der Waals surface area contributed by atoms with Crippen molar-refractivity contribution in [2.75, 3.05) is 31.1 Å². The molecule has 2 aromatic heterocycles. The number of hydrogen-bond acceptors (Lipinski definition) is 6. The van der Waals surface area contributed by atoms with Gasteiger partial charge in [0.15, 0.2) is 0 Å². The normalized spacial score (nSPS) is 16.0. The summed E-state index contributed by atoms with van der Waals surface area (Å²) in [6.45, 7) is 4.19. The molecule has 6 nitrogen and oxygen atoms in total. The number of nitrogens with zero attached hydrogens (tertiary/aromatic N) is 4. The van der Waals surface area contributed by atoms with Crippen LogP contribution in [0.2, 0.25) is 0 Å². The van der Waals surface area contributed by atoms with Crippen molar-refractivity contribution in [3.05, 3.63) is 49.2 Å². The first-order valence-electron chi connectivity index (χ1n) is 6.94. The zero-order valence-corrected chi connectivity index (χ0v) is 14.2. The summed E-state index contributed by atoms with van der Waals surface area (Å²) in [7, 11) is 0. The lowest BCUT2D eigenvalue weighted by atomic mass is 10.2. The van der Waals surface area contributed by atoms with Crippen molar-refractivity contribution in [3.63, 3.8) is 0 Å². The van der Waals surface area contributed by atoms with Gasteiger partial charge in [-0.15, -0.1) is 11.3 Å². The maximum absolute atomic E-state index is 11.1. The number of pyridine rings is 1. The minimum absolute atomic E-state index is 0.0816. The first kappa shape index (κ1) is 15.4. The standard InChI is InChI=1S/C14H15BrN4O2S/c15-13-4-3-11(22-13)10-17-6-8-18(9-7-17)14-12(19(20)21)2-1-5-16-14/h1-5H,6-10H2. The minimum atomic E-state index is -0.363. The molecule has 0 aromatic carbocycles. The fourth-order valence-electron chi connectivity index (χ4n) is 2.55. The molecule has 0 amide bonds. The molecule has 0 bridgehead atoms. The zero-order valence-electron chi connectivity index (χ0n) is 11.8. The molecule has 8 heteroatoms. The Bertz CT molecular complexity index is 670. The van der Waals surface area contributed by atoms with Gasteiger partial charge in [0.05, 0.1) is 8.71 Å². The number of hydrogen-bond donors (Lipinski definition) is 0. The van der Waals surface area contributed by atoms with Gasteiger partial charge < -0.3 is 4.90 Å². The average molecular weight is 383 g/mol. The van der Waals surface area contributed by atoms with E-state index in [1.165, 1.54) is 10.9 Å². The van der Waals surface area contributed by atoms with Crippen LogP contribution < -0.4 is 4.90 Å². The van der Waals surface area contributed by atoms with Crippen molar-refractivity contribution < 1.29 is 4.92 Å². The Labute approximate surface area is 140 Å². The van der Waals surface area contributed by atoms with Gasteiger partial charge in [-0.05, 0) is 34.1 Å². The van der Waals surface area contributed by atoms with E-state index in [2.05, 4.69) is 37.9 Å². The van der Waals surface area contributed by atoms with Crippen LogP contribution >= 0.6 is 27.3 Å². The largest absolute Gasteiger partial charge is 0.348 e. The van der Waals surface area contributed by atoms with E-state index in [0.717, 1.165) is 36.5 Å². The second-order valence-corrected chi connectivity index (χ2v) is 7.62. The fourth-order valence-corrected chi connectivity index (χ4v) is 4.08. The van der Waals surface area contributed by atoms with Gasteiger partial charge >= 0.3 is 5.69 Å². The molecule has 3 heterocycles. The van der Waals surface area contributed by atoms with E-state index in [-0.39, 0.29) is 10.6 Å². The molecule has 1 aliphatic rings. The number of aromatic nitrogens is 1. The van der Waals surface area contributed by atoms with Gasteiger partial charge in [0.1, 0.15) is 0 Å². The van der Waals surface area contributed by atoms with Crippen LogP contribution in [-0.2, 0) is 6.54 Å². The number of nitro groups is 1. The predicted molar refractivity (Wildman–Crippen MR) is 90.4 cm³/mol. The van der Waals surface area contributed by atoms with E-state index in [0.29, 0.717) is 5.82 Å². The third-order valence-corrected chi connectivity index (χ3v) is 5.25. The zero-order chi connectivity index (χ0) is 15.5. The van der Waals surface area contributed by atoms with E-state index in [1.807, 2.05) is 4.90 Å². The highest BCUT2D eigenvalue weighted by Gasteiger charge is 2.24. The number of anilines is 1. The molecular formula is C14H15BrN4O2S. The molecule has 0 N–H and O–H groups in total. The molecule has 0 unspecified atom stereocenters. The summed E-state index contributed by atoms with van der Waals surface area (Å²) >= 11 is 5.22. The highest BCUT2D eigenvalue weighted by molar-refractivity contribution is 9.11. The summed E-state index contributed by atoms with van der Waals surface area (Å²) in [5.41, 5.74) is 0.0816. The fraction of sp³-hybridized carbons (Fsp3) is 0.357. The molecule has 116 valence electrons. The maximum atomic E-state index is 11.1. The van der Waals surface area contributed by atoms with Gasteiger partial charge in [-0.1, -0.05) is 0 Å². The van der Waals surface area contributed by atoms with Gasteiger partial charge in [-0.2, -0.15) is 0 Å². The lowest BCUT2D eigenvalue weighted by molar-refractivity contribution is -0.384. The predicted octanol–water partition coefficient (Wildman–Crippen LogP) is 3.14. The Morgan fingerprint density at radius 3 is 2.68 bits per heavy atom. The summed E-state index contributed by atoms with van der Waals surface area (Å²) in [6.07, 6.45) is 1.61. The topological polar surface area (TPSA) is 62.5 Å². The van der Waals surface area contributed by atoms with Crippen molar-refractivity contribution in [3.8, 4) is 0 Å². The molecule has 1 fully saturated rings. The maximum Gasteiger partial charge on any atom is 0.311 e. The second kappa shape index (κ2) is 6.72. The molecule has 2 aromatic rings. The Morgan fingerprint density at radius 2 is 2.05 bits per heavy atom. The number of halogens is 1. The Morgan fingerprint density at radius 1 is 1.27 bits per heavy atom. The number of rotatable bonds is 4. The van der Waals surface area contributed by atoms with E-state index >= 15 is 0 Å². The van der Waals surface area contributed by atoms with Crippen molar-refractivity contribution in [1.82, 2.24) is 9.88 Å². The van der Waals surface area contributed by atoms with Crippen LogP contribution in [0.4, 0.5) is 11.5 Å². The van der Waals surface area contributed by atoms with E-state index in [1.54, 1.807) is 23.6 Å². The minimum Gasteiger partial charge on any atom is -0.348 e. The van der Waals surface area contributed by atoms with Crippen LogP contribution in [0, 0.1) is 10.1 Å². The molecule has 0 spiro atoms. The first-order chi connectivity index (χ1) is 10.6. The quantitative estimate of drug-likeness (QED) is 0.600.